The van der Waals surface area contributed by atoms with Gasteiger partial charge in [0.05, 0.1) is 10.4 Å². The summed E-state index contributed by atoms with van der Waals surface area (Å²) >= 11 is 0. The molecule has 0 fully saturated rings. The van der Waals surface area contributed by atoms with Gasteiger partial charge in [-0.2, -0.15) is 0 Å². The average Bonchev–Trinajstić information content (AvgIpc) is 2.69. The SMILES string of the molecule is CN(C)S(=O)(=O)c1ccc2c(c1)c(=O)c(C(=O)NCc1ccccc1)cn2C. The predicted molar refractivity (Wildman–Crippen MR) is 108 cm³/mol. The van der Waals surface area contributed by atoms with E-state index in [1.54, 1.807) is 17.7 Å². The van der Waals surface area contributed by atoms with Crippen molar-refractivity contribution >= 4 is 26.8 Å². The van der Waals surface area contributed by atoms with Crippen molar-refractivity contribution in [1.29, 1.82) is 0 Å². The van der Waals surface area contributed by atoms with Crippen molar-refractivity contribution < 1.29 is 13.2 Å². The first-order chi connectivity index (χ1) is 13.2. The minimum Gasteiger partial charge on any atom is -0.350 e. The number of amides is 1. The van der Waals surface area contributed by atoms with Crippen LogP contribution < -0.4 is 10.7 Å². The van der Waals surface area contributed by atoms with Crippen LogP contribution in [0.4, 0.5) is 0 Å². The third-order valence-electron chi connectivity index (χ3n) is 4.48. The zero-order valence-electron chi connectivity index (χ0n) is 15.8. The Labute approximate surface area is 163 Å². The normalized spacial score (nSPS) is 11.7. The Morgan fingerprint density at radius 2 is 1.79 bits per heavy atom. The fraction of sp³-hybridized carbons (Fsp3) is 0.200. The second kappa shape index (κ2) is 7.57. The molecule has 0 spiro atoms. The van der Waals surface area contributed by atoms with E-state index in [-0.39, 0.29) is 22.4 Å². The number of hydrogen-bond acceptors (Lipinski definition) is 4. The van der Waals surface area contributed by atoms with E-state index in [9.17, 15) is 18.0 Å². The van der Waals surface area contributed by atoms with Gasteiger partial charge in [-0.15, -0.1) is 0 Å². The Morgan fingerprint density at radius 1 is 1.11 bits per heavy atom. The minimum atomic E-state index is -3.69. The summed E-state index contributed by atoms with van der Waals surface area (Å²) < 4.78 is 27.5. The van der Waals surface area contributed by atoms with Gasteiger partial charge in [-0.1, -0.05) is 30.3 Å². The van der Waals surface area contributed by atoms with Gasteiger partial charge in [0.1, 0.15) is 5.56 Å². The van der Waals surface area contributed by atoms with Crippen LogP contribution in [0.25, 0.3) is 10.9 Å². The van der Waals surface area contributed by atoms with Crippen LogP contribution in [0.1, 0.15) is 15.9 Å². The van der Waals surface area contributed by atoms with Crippen LogP contribution in [0, 0.1) is 0 Å². The summed E-state index contributed by atoms with van der Waals surface area (Å²) in [4.78, 5) is 25.5. The standard InChI is InChI=1S/C20H21N3O4S/c1-22(2)28(26,27)15-9-10-18-16(11-15)19(24)17(13-23(18)3)20(25)21-12-14-7-5-4-6-8-14/h4-11,13H,12H2,1-3H3,(H,21,25). The Balaban J connectivity index is 2.03. The van der Waals surface area contributed by atoms with Crippen molar-refractivity contribution in [2.24, 2.45) is 7.05 Å². The number of carbonyl (C=O) groups excluding carboxylic acids is 1. The number of nitrogens with zero attached hydrogens (tertiary/aromatic N) is 2. The molecule has 28 heavy (non-hydrogen) atoms. The Morgan fingerprint density at radius 3 is 2.43 bits per heavy atom. The first-order valence-electron chi connectivity index (χ1n) is 8.60. The number of aryl methyl sites for hydroxylation is 1. The zero-order valence-corrected chi connectivity index (χ0v) is 16.7. The van der Waals surface area contributed by atoms with Gasteiger partial charge in [-0.3, -0.25) is 9.59 Å². The number of nitrogens with one attached hydrogen (secondary N) is 1. The molecule has 1 amide bonds. The molecule has 0 saturated heterocycles. The van der Waals surface area contributed by atoms with E-state index >= 15 is 0 Å². The summed E-state index contributed by atoms with van der Waals surface area (Å²) in [5.41, 5.74) is 0.912. The molecule has 1 aromatic heterocycles. The van der Waals surface area contributed by atoms with Crippen LogP contribution in [0.3, 0.4) is 0 Å². The maximum atomic E-state index is 12.9. The molecule has 1 heterocycles. The van der Waals surface area contributed by atoms with Gasteiger partial charge in [0.2, 0.25) is 15.5 Å². The van der Waals surface area contributed by atoms with Crippen LogP contribution >= 0.6 is 0 Å². The molecule has 0 aliphatic heterocycles. The summed E-state index contributed by atoms with van der Waals surface area (Å²) in [6, 6.07) is 13.7. The lowest BCUT2D eigenvalue weighted by Gasteiger charge is -2.14. The molecule has 2 aromatic carbocycles. The van der Waals surface area contributed by atoms with E-state index in [0.717, 1.165) is 9.87 Å². The highest BCUT2D eigenvalue weighted by Gasteiger charge is 2.20. The quantitative estimate of drug-likeness (QED) is 0.708. The molecule has 0 aliphatic carbocycles. The molecule has 3 aromatic rings. The predicted octanol–water partition coefficient (Wildman–Crippen LogP) is 1.72. The second-order valence-electron chi connectivity index (χ2n) is 6.62. The number of benzene rings is 2. The van der Waals surface area contributed by atoms with Crippen molar-refractivity contribution in [1.82, 2.24) is 14.2 Å². The van der Waals surface area contributed by atoms with E-state index in [2.05, 4.69) is 5.32 Å². The topological polar surface area (TPSA) is 88.5 Å². The van der Waals surface area contributed by atoms with Crippen LogP contribution in [-0.4, -0.2) is 37.3 Å². The van der Waals surface area contributed by atoms with E-state index in [4.69, 9.17) is 0 Å². The second-order valence-corrected chi connectivity index (χ2v) is 8.77. The highest BCUT2D eigenvalue weighted by molar-refractivity contribution is 7.89. The first kappa shape index (κ1) is 19.8. The van der Waals surface area contributed by atoms with Gasteiger partial charge in [-0.05, 0) is 23.8 Å². The molecule has 0 unspecified atom stereocenters. The Kier molecular flexibility index (Phi) is 5.35. The monoisotopic (exact) mass is 399 g/mol. The summed E-state index contributed by atoms with van der Waals surface area (Å²) in [6.07, 6.45) is 1.46. The summed E-state index contributed by atoms with van der Waals surface area (Å²) in [5.74, 6) is -0.507. The number of aromatic nitrogens is 1. The molecule has 7 nitrogen and oxygen atoms in total. The molecule has 0 aliphatic rings. The van der Waals surface area contributed by atoms with Gasteiger partial charge in [0.25, 0.3) is 5.91 Å². The smallest absolute Gasteiger partial charge is 0.257 e. The summed E-state index contributed by atoms with van der Waals surface area (Å²) in [5, 5.41) is 2.91. The van der Waals surface area contributed by atoms with E-state index in [0.29, 0.717) is 5.52 Å². The van der Waals surface area contributed by atoms with Crippen molar-refractivity contribution in [2.75, 3.05) is 14.1 Å². The van der Waals surface area contributed by atoms with Crippen molar-refractivity contribution in [3.63, 3.8) is 0 Å². The molecular weight excluding hydrogens is 378 g/mol. The molecule has 0 bridgehead atoms. The van der Waals surface area contributed by atoms with Gasteiger partial charge < -0.3 is 9.88 Å². The maximum Gasteiger partial charge on any atom is 0.257 e. The fourth-order valence-corrected chi connectivity index (χ4v) is 3.81. The molecule has 0 saturated carbocycles. The molecule has 8 heteroatoms. The lowest BCUT2D eigenvalue weighted by Crippen LogP contribution is -2.29. The number of sulfonamides is 1. The van der Waals surface area contributed by atoms with E-state index < -0.39 is 21.4 Å². The Hall–Kier alpha value is -2.97. The largest absolute Gasteiger partial charge is 0.350 e. The molecule has 0 atom stereocenters. The van der Waals surface area contributed by atoms with E-state index in [1.807, 2.05) is 30.3 Å². The van der Waals surface area contributed by atoms with Gasteiger partial charge in [0.15, 0.2) is 0 Å². The molecule has 1 N–H and O–H groups in total. The third kappa shape index (κ3) is 3.69. The molecule has 3 rings (SSSR count). The van der Waals surface area contributed by atoms with Crippen LogP contribution in [0.15, 0.2) is 64.4 Å². The number of pyridine rings is 1. The van der Waals surface area contributed by atoms with Crippen LogP contribution in [0.2, 0.25) is 0 Å². The Bertz CT molecular complexity index is 1200. The highest BCUT2D eigenvalue weighted by Crippen LogP contribution is 2.19. The van der Waals surface area contributed by atoms with Gasteiger partial charge in [0, 0.05) is 39.3 Å². The summed E-state index contributed by atoms with van der Waals surface area (Å²) in [7, 11) is 0.855. The van der Waals surface area contributed by atoms with Crippen LogP contribution in [0.5, 0.6) is 0 Å². The minimum absolute atomic E-state index is 0.00365. The number of fused-ring (bicyclic) bond motifs is 1. The van der Waals surface area contributed by atoms with Crippen molar-refractivity contribution in [3.8, 4) is 0 Å². The average molecular weight is 399 g/mol. The van der Waals surface area contributed by atoms with Crippen LogP contribution in [-0.2, 0) is 23.6 Å². The van der Waals surface area contributed by atoms with Crippen molar-refractivity contribution in [3.05, 3.63) is 76.1 Å². The maximum absolute atomic E-state index is 12.9. The lowest BCUT2D eigenvalue weighted by atomic mass is 10.1. The molecule has 146 valence electrons. The molecule has 0 radical (unpaired) electrons. The third-order valence-corrected chi connectivity index (χ3v) is 6.29. The fourth-order valence-electron chi connectivity index (χ4n) is 2.88. The lowest BCUT2D eigenvalue weighted by molar-refractivity contribution is 0.0949. The van der Waals surface area contributed by atoms with Crippen molar-refractivity contribution in [2.45, 2.75) is 11.4 Å². The van der Waals surface area contributed by atoms with Gasteiger partial charge >= 0.3 is 0 Å². The summed E-state index contributed by atoms with van der Waals surface area (Å²) in [6.45, 7) is 0.288. The zero-order chi connectivity index (χ0) is 20.5. The van der Waals surface area contributed by atoms with E-state index in [1.165, 1.54) is 32.4 Å². The highest BCUT2D eigenvalue weighted by atomic mass is 32.2. The number of rotatable bonds is 5. The van der Waals surface area contributed by atoms with Gasteiger partial charge in [-0.25, -0.2) is 12.7 Å². The number of hydrogen-bond donors (Lipinski definition) is 1. The number of carbonyl (C=O) groups is 1. The first-order valence-corrected chi connectivity index (χ1v) is 10.0. The molecular formula is C20H21N3O4S.